The maximum absolute atomic E-state index is 13.0. The molecule has 0 saturated heterocycles. The summed E-state index contributed by atoms with van der Waals surface area (Å²) in [5.41, 5.74) is 0. The number of amides is 1. The lowest BCUT2D eigenvalue weighted by Gasteiger charge is -2.30. The first-order valence-electron chi connectivity index (χ1n) is 33.7. The van der Waals surface area contributed by atoms with E-state index in [1.165, 1.54) is 276 Å². The Labute approximate surface area is 474 Å². The lowest BCUT2D eigenvalue weighted by Crippen LogP contribution is -2.46. The summed E-state index contributed by atoms with van der Waals surface area (Å²) in [6.45, 7) is 4.75. The smallest absolute Gasteiger partial charge is 0.268 e. The molecule has 0 spiro atoms. The van der Waals surface area contributed by atoms with Crippen LogP contribution in [0.2, 0.25) is 0 Å². The van der Waals surface area contributed by atoms with Crippen molar-refractivity contribution in [1.82, 2.24) is 5.32 Å². The van der Waals surface area contributed by atoms with Crippen molar-refractivity contribution in [2.24, 2.45) is 0 Å². The first-order valence-corrected chi connectivity index (χ1v) is 35.1. The monoisotopic (exact) mass is 1090 g/mol. The molecule has 0 saturated carbocycles. The zero-order valence-electron chi connectivity index (χ0n) is 51.7. The Kier molecular flexibility index (Phi) is 57.8. The van der Waals surface area contributed by atoms with E-state index in [0.29, 0.717) is 23.9 Å². The number of phosphoric acid groups is 1. The lowest BCUT2D eigenvalue weighted by molar-refractivity contribution is -0.870. The van der Waals surface area contributed by atoms with E-state index in [9.17, 15) is 19.4 Å². The van der Waals surface area contributed by atoms with Gasteiger partial charge in [0.15, 0.2) is 0 Å². The zero-order chi connectivity index (χ0) is 55.6. The van der Waals surface area contributed by atoms with Crippen LogP contribution in [-0.4, -0.2) is 68.5 Å². The third-order valence-electron chi connectivity index (χ3n) is 15.7. The summed E-state index contributed by atoms with van der Waals surface area (Å²) in [6, 6.07) is -0.796. The van der Waals surface area contributed by atoms with E-state index in [1.54, 1.807) is 0 Å². The number of aliphatic hydroxyl groups is 1. The van der Waals surface area contributed by atoms with Gasteiger partial charge in [-0.3, -0.25) is 9.36 Å². The molecule has 9 heteroatoms. The minimum Gasteiger partial charge on any atom is -0.756 e. The molecule has 2 N–H and O–H groups in total. The van der Waals surface area contributed by atoms with Gasteiger partial charge >= 0.3 is 0 Å². The number of hydrogen-bond donors (Lipinski definition) is 2. The van der Waals surface area contributed by atoms with Crippen LogP contribution in [0.3, 0.4) is 0 Å². The summed E-state index contributed by atoms with van der Waals surface area (Å²) in [4.78, 5) is 25.5. The topological polar surface area (TPSA) is 108 Å². The average Bonchev–Trinajstić information content (AvgIpc) is 3.38. The van der Waals surface area contributed by atoms with E-state index >= 15 is 0 Å². The van der Waals surface area contributed by atoms with Crippen molar-refractivity contribution in [3.63, 3.8) is 0 Å². The number of nitrogens with one attached hydrogen (secondary N) is 1. The number of quaternary nitrogens is 1. The van der Waals surface area contributed by atoms with Gasteiger partial charge in [-0.1, -0.05) is 321 Å². The van der Waals surface area contributed by atoms with Gasteiger partial charge in [0.05, 0.1) is 39.9 Å². The molecule has 0 aliphatic rings. The number of carbonyl (C=O) groups excluding carboxylic acids is 1. The highest BCUT2D eigenvalue weighted by atomic mass is 31.2. The zero-order valence-corrected chi connectivity index (χ0v) is 52.6. The summed E-state index contributed by atoms with van der Waals surface area (Å²) in [5.74, 6) is -0.158. The van der Waals surface area contributed by atoms with Gasteiger partial charge in [0.25, 0.3) is 7.82 Å². The van der Waals surface area contributed by atoms with Crippen molar-refractivity contribution in [2.75, 3.05) is 40.9 Å². The van der Waals surface area contributed by atoms with E-state index in [-0.39, 0.29) is 19.1 Å². The molecule has 0 aliphatic heterocycles. The number of allylic oxidation sites excluding steroid dienone is 4. The molecule has 0 aromatic rings. The molecule has 3 atom stereocenters. The molecule has 3 unspecified atom stereocenters. The SMILES string of the molecule is CCCCCCC/C=C\C/C=C\CCCCCCCCCCCCCCCCCCCCCCCCCCCCCCCC(=O)NC(COP(=O)([O-])OCC[N+](C)(C)C)C(O)CCCCCCCCCCCCCCC. The maximum atomic E-state index is 13.0. The van der Waals surface area contributed by atoms with Crippen molar-refractivity contribution >= 4 is 13.7 Å². The number of carbonyl (C=O) groups is 1. The molecule has 0 aromatic heterocycles. The Morgan fingerprint density at radius 3 is 1.09 bits per heavy atom. The van der Waals surface area contributed by atoms with Crippen LogP contribution in [0.5, 0.6) is 0 Å². The molecule has 1 amide bonds. The summed E-state index contributed by atoms with van der Waals surface area (Å²) < 4.78 is 23.4. The molecule has 0 aliphatic carbocycles. The van der Waals surface area contributed by atoms with E-state index < -0.39 is 20.0 Å². The summed E-state index contributed by atoms with van der Waals surface area (Å²) in [6.07, 6.45) is 75.6. The number of unbranched alkanes of at least 4 members (excludes halogenated alkanes) is 46. The highest BCUT2D eigenvalue weighted by molar-refractivity contribution is 7.45. The Bertz CT molecular complexity index is 1290. The first kappa shape index (κ1) is 75.0. The minimum atomic E-state index is -4.57. The van der Waals surface area contributed by atoms with Crippen LogP contribution in [0.15, 0.2) is 24.3 Å². The Morgan fingerprint density at radius 1 is 0.461 bits per heavy atom. The number of nitrogens with zero attached hydrogens (tertiary/aromatic N) is 1. The summed E-state index contributed by atoms with van der Waals surface area (Å²) in [7, 11) is 1.32. The quantitative estimate of drug-likeness (QED) is 0.0272. The van der Waals surface area contributed by atoms with Gasteiger partial charge in [0.2, 0.25) is 5.91 Å². The van der Waals surface area contributed by atoms with Crippen molar-refractivity contribution in [2.45, 2.75) is 360 Å². The predicted octanol–water partition coefficient (Wildman–Crippen LogP) is 20.5. The highest BCUT2D eigenvalue weighted by Crippen LogP contribution is 2.38. The second kappa shape index (κ2) is 58.6. The van der Waals surface area contributed by atoms with Gasteiger partial charge in [-0.05, 0) is 44.9 Å². The fourth-order valence-corrected chi connectivity index (χ4v) is 11.2. The lowest BCUT2D eigenvalue weighted by atomic mass is 10.0. The molecular weight excluding hydrogens is 960 g/mol. The third-order valence-corrected chi connectivity index (χ3v) is 16.7. The van der Waals surface area contributed by atoms with E-state index in [0.717, 1.165) is 44.9 Å². The van der Waals surface area contributed by atoms with Gasteiger partial charge in [0.1, 0.15) is 13.2 Å². The van der Waals surface area contributed by atoms with E-state index in [2.05, 4.69) is 43.5 Å². The van der Waals surface area contributed by atoms with E-state index in [1.807, 2.05) is 21.1 Å². The van der Waals surface area contributed by atoms with Gasteiger partial charge in [-0.25, -0.2) is 0 Å². The van der Waals surface area contributed by atoms with Crippen LogP contribution < -0.4 is 10.2 Å². The molecule has 0 radical (unpaired) electrons. The standard InChI is InChI=1S/C67H133N2O6P/c1-6-8-10-12-14-16-18-20-21-22-23-24-25-26-27-28-29-30-31-32-33-34-35-36-37-38-39-40-41-42-43-44-45-46-47-49-51-53-55-57-59-61-67(71)68-65(64-75-76(72,73)74-63-62-69(3,4)5)66(70)60-58-56-54-52-50-48-19-17-15-13-11-9-7-2/h18,20,22-23,65-66,70H,6-17,19,21,24-64H2,1-5H3,(H-,68,71,72,73)/b20-18-,23-22-. The van der Waals surface area contributed by atoms with E-state index in [4.69, 9.17) is 9.05 Å². The van der Waals surface area contributed by atoms with Crippen LogP contribution in [0.1, 0.15) is 348 Å². The number of aliphatic hydroxyl groups excluding tert-OH is 1. The molecule has 76 heavy (non-hydrogen) atoms. The van der Waals surface area contributed by atoms with Crippen LogP contribution in [0, 0.1) is 0 Å². The fourth-order valence-electron chi connectivity index (χ4n) is 10.4. The number of hydrogen-bond acceptors (Lipinski definition) is 6. The molecule has 0 bridgehead atoms. The van der Waals surface area contributed by atoms with Crippen LogP contribution >= 0.6 is 7.82 Å². The fraction of sp³-hybridized carbons (Fsp3) is 0.925. The van der Waals surface area contributed by atoms with Crippen molar-refractivity contribution in [3.8, 4) is 0 Å². The minimum absolute atomic E-state index is 0.0154. The average molecular weight is 1090 g/mol. The second-order valence-corrected chi connectivity index (χ2v) is 25.9. The van der Waals surface area contributed by atoms with Gasteiger partial charge < -0.3 is 28.8 Å². The molecule has 452 valence electrons. The largest absolute Gasteiger partial charge is 0.756 e. The molecular formula is C67H133N2O6P. The van der Waals surface area contributed by atoms with Crippen LogP contribution in [0.4, 0.5) is 0 Å². The number of phosphoric ester groups is 1. The highest BCUT2D eigenvalue weighted by Gasteiger charge is 2.24. The maximum Gasteiger partial charge on any atom is 0.268 e. The molecule has 0 fully saturated rings. The molecule has 0 heterocycles. The Hall–Kier alpha value is -1.02. The Balaban J connectivity index is 3.79. The molecule has 8 nitrogen and oxygen atoms in total. The molecule has 0 aromatic carbocycles. The van der Waals surface area contributed by atoms with Crippen LogP contribution in [-0.2, 0) is 18.4 Å². The van der Waals surface area contributed by atoms with Gasteiger partial charge in [-0.2, -0.15) is 0 Å². The van der Waals surface area contributed by atoms with Gasteiger partial charge in [0, 0.05) is 6.42 Å². The number of rotatable bonds is 63. The molecule has 0 rings (SSSR count). The first-order chi connectivity index (χ1) is 37.0. The second-order valence-electron chi connectivity index (χ2n) is 24.5. The van der Waals surface area contributed by atoms with Crippen LogP contribution in [0.25, 0.3) is 0 Å². The summed E-state index contributed by atoms with van der Waals surface area (Å²) >= 11 is 0. The predicted molar refractivity (Wildman–Crippen MR) is 330 cm³/mol. The normalized spacial score (nSPS) is 13.8. The van der Waals surface area contributed by atoms with Crippen molar-refractivity contribution in [1.29, 1.82) is 0 Å². The van der Waals surface area contributed by atoms with Crippen molar-refractivity contribution in [3.05, 3.63) is 24.3 Å². The number of likely N-dealkylation sites (N-methyl/N-ethyl adjacent to an activating group) is 1. The van der Waals surface area contributed by atoms with Gasteiger partial charge in [-0.15, -0.1) is 0 Å². The third kappa shape index (κ3) is 60.6. The Morgan fingerprint density at radius 2 is 0.763 bits per heavy atom. The summed E-state index contributed by atoms with van der Waals surface area (Å²) in [5, 5.41) is 14.0. The van der Waals surface area contributed by atoms with Crippen molar-refractivity contribution < 1.29 is 32.9 Å².